The second-order valence-electron chi connectivity index (χ2n) is 5.50. The molecule has 22 heavy (non-hydrogen) atoms. The highest BCUT2D eigenvalue weighted by molar-refractivity contribution is 14.1. The zero-order chi connectivity index (χ0) is 15.9. The maximum Gasteiger partial charge on any atom is 0.330 e. The number of rotatable bonds is 2. The Balaban J connectivity index is 2.15. The molecule has 4 nitrogen and oxygen atoms in total. The van der Waals surface area contributed by atoms with Gasteiger partial charge in [-0.3, -0.25) is 9.69 Å². The van der Waals surface area contributed by atoms with Crippen molar-refractivity contribution < 1.29 is 14.7 Å². The number of fused-ring (bicyclic) bond motifs is 1. The van der Waals surface area contributed by atoms with E-state index in [0.717, 1.165) is 9.13 Å². The molecular weight excluding hydrogens is 393 g/mol. The van der Waals surface area contributed by atoms with Crippen LogP contribution in [0.3, 0.4) is 0 Å². The number of aliphatic carboxylic acids is 1. The number of benzene rings is 2. The average Bonchev–Trinajstić information content (AvgIpc) is 2.80. The molecule has 1 unspecified atom stereocenters. The third-order valence-corrected chi connectivity index (χ3v) is 4.97. The molecule has 1 heterocycles. The predicted molar refractivity (Wildman–Crippen MR) is 92.2 cm³/mol. The standard InChI is InChI=1S/C17H14INO3/c1-17(16(21)22)10-11-6-2-5-9-14(11)19(17)15(20)12-7-3-4-8-13(12)18/h2-9H,10H2,1H3,(H,21,22). The van der Waals surface area contributed by atoms with Crippen molar-refractivity contribution in [2.45, 2.75) is 18.9 Å². The van der Waals surface area contributed by atoms with E-state index in [1.165, 1.54) is 4.90 Å². The number of carboxylic acids is 1. The Kier molecular flexibility index (Phi) is 3.68. The summed E-state index contributed by atoms with van der Waals surface area (Å²) in [4.78, 5) is 26.3. The minimum absolute atomic E-state index is 0.278. The monoisotopic (exact) mass is 407 g/mol. The molecule has 0 saturated carbocycles. The first kappa shape index (κ1) is 15.0. The van der Waals surface area contributed by atoms with Crippen LogP contribution in [-0.4, -0.2) is 22.5 Å². The van der Waals surface area contributed by atoms with Gasteiger partial charge in [0.1, 0.15) is 5.54 Å². The highest BCUT2D eigenvalue weighted by atomic mass is 127. The van der Waals surface area contributed by atoms with Crippen LogP contribution in [0.15, 0.2) is 48.5 Å². The number of carbonyl (C=O) groups excluding carboxylic acids is 1. The second-order valence-corrected chi connectivity index (χ2v) is 6.67. The van der Waals surface area contributed by atoms with E-state index >= 15 is 0 Å². The molecule has 1 aliphatic heterocycles. The number of para-hydroxylation sites is 1. The maximum atomic E-state index is 13.0. The minimum atomic E-state index is -1.26. The maximum absolute atomic E-state index is 13.0. The lowest BCUT2D eigenvalue weighted by Crippen LogP contribution is -2.53. The van der Waals surface area contributed by atoms with Gasteiger partial charge in [0.15, 0.2) is 0 Å². The van der Waals surface area contributed by atoms with Crippen LogP contribution in [0.2, 0.25) is 0 Å². The lowest BCUT2D eigenvalue weighted by atomic mass is 9.96. The van der Waals surface area contributed by atoms with Gasteiger partial charge in [-0.05, 0) is 53.3 Å². The Morgan fingerprint density at radius 2 is 1.77 bits per heavy atom. The third kappa shape index (κ3) is 2.20. The fraction of sp³-hybridized carbons (Fsp3) is 0.176. The molecular formula is C17H14INO3. The number of hydrogen-bond donors (Lipinski definition) is 1. The number of carbonyl (C=O) groups is 2. The summed E-state index contributed by atoms with van der Waals surface area (Å²) in [6.07, 6.45) is 0.313. The van der Waals surface area contributed by atoms with Crippen LogP contribution in [0.25, 0.3) is 0 Å². The van der Waals surface area contributed by atoms with Crippen molar-refractivity contribution in [2.24, 2.45) is 0 Å². The van der Waals surface area contributed by atoms with Crippen LogP contribution < -0.4 is 4.90 Å². The van der Waals surface area contributed by atoms with Gasteiger partial charge in [0.05, 0.1) is 5.56 Å². The first-order valence-electron chi connectivity index (χ1n) is 6.85. The molecule has 1 N–H and O–H groups in total. The van der Waals surface area contributed by atoms with Gasteiger partial charge >= 0.3 is 5.97 Å². The number of amides is 1. The minimum Gasteiger partial charge on any atom is -0.479 e. The normalized spacial score (nSPS) is 19.8. The van der Waals surface area contributed by atoms with Crippen molar-refractivity contribution in [3.63, 3.8) is 0 Å². The number of halogens is 1. The molecule has 1 aliphatic rings. The zero-order valence-electron chi connectivity index (χ0n) is 11.9. The topological polar surface area (TPSA) is 57.6 Å². The molecule has 0 aliphatic carbocycles. The summed E-state index contributed by atoms with van der Waals surface area (Å²) in [5, 5.41) is 9.68. The van der Waals surface area contributed by atoms with Crippen molar-refractivity contribution in [3.8, 4) is 0 Å². The number of anilines is 1. The molecule has 0 radical (unpaired) electrons. The Labute approximate surface area is 141 Å². The molecule has 0 saturated heterocycles. The van der Waals surface area contributed by atoms with Crippen LogP contribution >= 0.6 is 22.6 Å². The molecule has 112 valence electrons. The molecule has 5 heteroatoms. The van der Waals surface area contributed by atoms with Gasteiger partial charge in [-0.2, -0.15) is 0 Å². The van der Waals surface area contributed by atoms with E-state index in [4.69, 9.17) is 0 Å². The number of carboxylic acid groups (broad SMARTS) is 1. The van der Waals surface area contributed by atoms with Gasteiger partial charge < -0.3 is 5.11 Å². The molecule has 0 bridgehead atoms. The number of hydrogen-bond acceptors (Lipinski definition) is 2. The molecule has 2 aromatic rings. The highest BCUT2D eigenvalue weighted by Crippen LogP contribution is 2.40. The van der Waals surface area contributed by atoms with Gasteiger partial charge in [-0.15, -0.1) is 0 Å². The van der Waals surface area contributed by atoms with E-state index in [1.807, 2.05) is 30.3 Å². The molecule has 1 atom stereocenters. The van der Waals surface area contributed by atoms with Crippen molar-refractivity contribution in [1.29, 1.82) is 0 Å². The summed E-state index contributed by atoms with van der Waals surface area (Å²) in [6.45, 7) is 1.60. The average molecular weight is 407 g/mol. The fourth-order valence-electron chi connectivity index (χ4n) is 2.85. The van der Waals surface area contributed by atoms with E-state index in [2.05, 4.69) is 22.6 Å². The van der Waals surface area contributed by atoms with Crippen LogP contribution in [0, 0.1) is 3.57 Å². The van der Waals surface area contributed by atoms with E-state index in [-0.39, 0.29) is 5.91 Å². The summed E-state index contributed by atoms with van der Waals surface area (Å²) < 4.78 is 0.808. The van der Waals surface area contributed by atoms with Gasteiger partial charge in [0, 0.05) is 15.7 Å². The summed E-state index contributed by atoms with van der Waals surface area (Å²) in [5.74, 6) is -1.28. The first-order valence-corrected chi connectivity index (χ1v) is 7.93. The van der Waals surface area contributed by atoms with E-state index in [1.54, 1.807) is 25.1 Å². The van der Waals surface area contributed by atoms with Crippen LogP contribution in [0.4, 0.5) is 5.69 Å². The quantitative estimate of drug-likeness (QED) is 0.778. The molecule has 3 rings (SSSR count). The van der Waals surface area contributed by atoms with Crippen LogP contribution in [0.1, 0.15) is 22.8 Å². The third-order valence-electron chi connectivity index (χ3n) is 4.03. The van der Waals surface area contributed by atoms with Crippen molar-refractivity contribution in [1.82, 2.24) is 0 Å². The second kappa shape index (κ2) is 5.39. The van der Waals surface area contributed by atoms with E-state index in [0.29, 0.717) is 17.7 Å². The number of nitrogens with zero attached hydrogens (tertiary/aromatic N) is 1. The van der Waals surface area contributed by atoms with Crippen molar-refractivity contribution in [2.75, 3.05) is 4.90 Å². The molecule has 1 amide bonds. The fourth-order valence-corrected chi connectivity index (χ4v) is 3.47. The summed E-state index contributed by atoms with van der Waals surface area (Å²) >= 11 is 2.10. The summed E-state index contributed by atoms with van der Waals surface area (Å²) in [6, 6.07) is 14.6. The summed E-state index contributed by atoms with van der Waals surface area (Å²) in [7, 11) is 0. The smallest absolute Gasteiger partial charge is 0.330 e. The molecule has 2 aromatic carbocycles. The Bertz CT molecular complexity index is 774. The van der Waals surface area contributed by atoms with Crippen LogP contribution in [0.5, 0.6) is 0 Å². The Morgan fingerprint density at radius 3 is 2.45 bits per heavy atom. The lowest BCUT2D eigenvalue weighted by molar-refractivity contribution is -0.142. The molecule has 0 fully saturated rings. The van der Waals surface area contributed by atoms with E-state index < -0.39 is 11.5 Å². The SMILES string of the molecule is CC1(C(=O)O)Cc2ccccc2N1C(=O)c1ccccc1I. The zero-order valence-corrected chi connectivity index (χ0v) is 14.1. The van der Waals surface area contributed by atoms with E-state index in [9.17, 15) is 14.7 Å². The first-order chi connectivity index (χ1) is 10.4. The van der Waals surface area contributed by atoms with Gasteiger partial charge in [0.25, 0.3) is 5.91 Å². The van der Waals surface area contributed by atoms with Gasteiger partial charge in [0.2, 0.25) is 0 Å². The van der Waals surface area contributed by atoms with Crippen molar-refractivity contribution >= 4 is 40.2 Å². The highest BCUT2D eigenvalue weighted by Gasteiger charge is 2.49. The summed E-state index contributed by atoms with van der Waals surface area (Å²) in [5.41, 5.74) is 0.815. The Morgan fingerprint density at radius 1 is 1.14 bits per heavy atom. The van der Waals surface area contributed by atoms with Gasteiger partial charge in [-0.25, -0.2) is 4.79 Å². The molecule has 0 aromatic heterocycles. The molecule has 0 spiro atoms. The van der Waals surface area contributed by atoms with Gasteiger partial charge in [-0.1, -0.05) is 30.3 Å². The largest absolute Gasteiger partial charge is 0.479 e. The van der Waals surface area contributed by atoms with Crippen molar-refractivity contribution in [3.05, 3.63) is 63.2 Å². The lowest BCUT2D eigenvalue weighted by Gasteiger charge is -2.32. The Hall–Kier alpha value is -1.89. The predicted octanol–water partition coefficient (Wildman–Crippen LogP) is 3.34. The van der Waals surface area contributed by atoms with Crippen LogP contribution in [-0.2, 0) is 11.2 Å².